The van der Waals surface area contributed by atoms with E-state index in [0.717, 1.165) is 24.2 Å². The number of nitrogens with one attached hydrogen (secondary N) is 3. The highest BCUT2D eigenvalue weighted by molar-refractivity contribution is 5.84. The van der Waals surface area contributed by atoms with E-state index in [1.165, 1.54) is 0 Å². The van der Waals surface area contributed by atoms with E-state index in [-0.39, 0.29) is 38.6 Å². The molecule has 0 aliphatic rings. The van der Waals surface area contributed by atoms with E-state index < -0.39 is 23.7 Å². The third-order valence-electron chi connectivity index (χ3n) is 13.6. The van der Waals surface area contributed by atoms with Crippen LogP contribution < -0.4 is 20.7 Å². The van der Waals surface area contributed by atoms with E-state index in [9.17, 15) is 14.4 Å². The second-order valence-electron chi connectivity index (χ2n) is 23.8. The number of carbonyl (C=O) groups is 3. The highest BCUT2D eigenvalue weighted by Gasteiger charge is 2.23. The van der Waals surface area contributed by atoms with Crippen molar-refractivity contribution < 1.29 is 138 Å². The molecule has 0 saturated heterocycles. The molecule has 0 saturated carbocycles. The Morgan fingerprint density at radius 2 is 0.645 bits per heavy atom. The van der Waals surface area contributed by atoms with Crippen molar-refractivity contribution in [3.63, 3.8) is 0 Å². The molecule has 2 rings (SSSR count). The lowest BCUT2D eigenvalue weighted by Gasteiger charge is -2.20. The number of rotatable bonds is 83. The van der Waals surface area contributed by atoms with Crippen LogP contribution in [0.1, 0.15) is 51.7 Å². The number of hydrogen-bond acceptors (Lipinski definition) is 30. The van der Waals surface area contributed by atoms with Gasteiger partial charge < -0.3 is 134 Å². The van der Waals surface area contributed by atoms with Crippen molar-refractivity contribution in [3.8, 4) is 5.75 Å². The van der Waals surface area contributed by atoms with Crippen molar-refractivity contribution >= 4 is 18.0 Å². The lowest BCUT2D eigenvalue weighted by Crippen LogP contribution is -2.43. The second-order valence-corrected chi connectivity index (χ2v) is 23.8. The molecule has 0 spiro atoms. The van der Waals surface area contributed by atoms with E-state index >= 15 is 0 Å². The molecule has 32 nitrogen and oxygen atoms in total. The number of carbonyl (C=O) groups excluding carboxylic acids is 3. The third-order valence-corrected chi connectivity index (χ3v) is 13.6. The molecule has 2 aromatic rings. The fourth-order valence-electron chi connectivity index (χ4n) is 8.34. The van der Waals surface area contributed by atoms with Crippen molar-refractivity contribution in [1.29, 1.82) is 0 Å². The minimum absolute atomic E-state index is 0.0438. The van der Waals surface area contributed by atoms with Gasteiger partial charge in [0.15, 0.2) is 0 Å². The average molecular weight is 1540 g/mol. The predicted molar refractivity (Wildman–Crippen MR) is 394 cm³/mol. The van der Waals surface area contributed by atoms with Crippen LogP contribution in [-0.4, -0.2) is 347 Å². The van der Waals surface area contributed by atoms with Crippen LogP contribution in [0.5, 0.6) is 5.75 Å². The maximum absolute atomic E-state index is 13.3. The van der Waals surface area contributed by atoms with Gasteiger partial charge in [-0.25, -0.2) is 9.59 Å². The van der Waals surface area contributed by atoms with Gasteiger partial charge in [-0.2, -0.15) is 0 Å². The molecule has 620 valence electrons. The number of benzene rings is 2. The molecule has 32 heteroatoms. The first-order chi connectivity index (χ1) is 52.6. The van der Waals surface area contributed by atoms with E-state index in [1.807, 2.05) is 54.6 Å². The lowest BCUT2D eigenvalue weighted by atomic mass is 10.1. The quantitative estimate of drug-likeness (QED) is 0.0601. The molecule has 0 bridgehead atoms. The van der Waals surface area contributed by atoms with E-state index in [0.29, 0.717) is 309 Å². The fourth-order valence-corrected chi connectivity index (χ4v) is 8.34. The Labute approximate surface area is 635 Å². The first kappa shape index (κ1) is 98.1. The van der Waals surface area contributed by atoms with Gasteiger partial charge >= 0.3 is 12.1 Å². The zero-order valence-corrected chi connectivity index (χ0v) is 64.6. The molecule has 0 unspecified atom stereocenters. The smallest absolute Gasteiger partial charge is 0.413 e. The van der Waals surface area contributed by atoms with Crippen LogP contribution in [0.15, 0.2) is 67.0 Å². The Morgan fingerprint density at radius 3 is 0.953 bits per heavy atom. The summed E-state index contributed by atoms with van der Waals surface area (Å²) in [6, 6.07) is 15.7. The zero-order chi connectivity index (χ0) is 76.8. The van der Waals surface area contributed by atoms with E-state index in [1.54, 1.807) is 20.8 Å². The number of hydrogen-bond donors (Lipinski definition) is 3. The first-order valence-corrected chi connectivity index (χ1v) is 37.5. The van der Waals surface area contributed by atoms with Gasteiger partial charge in [0.1, 0.15) is 36.4 Å². The number of alkyl carbamates (subject to hydrolysis) is 1. The number of ether oxygens (including phenoxy) is 26. The summed E-state index contributed by atoms with van der Waals surface area (Å²) in [6.07, 6.45) is 0.695. The van der Waals surface area contributed by atoms with Gasteiger partial charge in [-0.05, 0) is 50.5 Å². The van der Waals surface area contributed by atoms with Crippen LogP contribution in [0, 0.1) is 0 Å². The Hall–Kier alpha value is -4.93. The molecule has 107 heavy (non-hydrogen) atoms. The molecule has 0 fully saturated rings. The third kappa shape index (κ3) is 71.2. The Kier molecular flexibility index (Phi) is 70.1. The Morgan fingerprint density at radius 1 is 0.355 bits per heavy atom. The van der Waals surface area contributed by atoms with Gasteiger partial charge in [-0.3, -0.25) is 10.1 Å². The van der Waals surface area contributed by atoms with E-state index in [4.69, 9.17) is 123 Å². The molecule has 3 N–H and O–H groups in total. The monoisotopic (exact) mass is 1540 g/mol. The molecule has 0 heterocycles. The zero-order valence-electron chi connectivity index (χ0n) is 64.6. The maximum atomic E-state index is 13.3. The Bertz CT molecular complexity index is 2270. The average Bonchev–Trinajstić information content (AvgIpc) is 0.874. The molecule has 0 radical (unpaired) electrons. The van der Waals surface area contributed by atoms with Gasteiger partial charge in [-0.15, -0.1) is 0 Å². The minimum atomic E-state index is -0.928. The summed E-state index contributed by atoms with van der Waals surface area (Å²) in [6.45, 7) is 32.9. The van der Waals surface area contributed by atoms with Crippen LogP contribution in [0.2, 0.25) is 0 Å². The first-order valence-electron chi connectivity index (χ1n) is 37.5. The highest BCUT2D eigenvalue weighted by Crippen LogP contribution is 2.15. The maximum Gasteiger partial charge on any atom is 0.413 e. The summed E-state index contributed by atoms with van der Waals surface area (Å²) in [5, 5.41) is 8.31. The van der Waals surface area contributed by atoms with Crippen molar-refractivity contribution in [1.82, 2.24) is 16.0 Å². The molecule has 1 atom stereocenters. The lowest BCUT2D eigenvalue weighted by molar-refractivity contribution is -0.149. The number of amides is 2. The van der Waals surface area contributed by atoms with Crippen molar-refractivity contribution in [2.75, 3.05) is 317 Å². The van der Waals surface area contributed by atoms with Crippen LogP contribution in [-0.2, 0) is 141 Å². The molecular formula is C75H131N3O29. The Balaban J connectivity index is 1.33. The largest absolute Gasteiger partial charge is 0.491 e. The predicted octanol–water partition coefficient (Wildman–Crippen LogP) is 4.60. The fraction of sp³-hybridized carbons (Fsp3) is 0.773. The topological polar surface area (TPSA) is 327 Å². The minimum Gasteiger partial charge on any atom is -0.491 e. The van der Waals surface area contributed by atoms with Crippen molar-refractivity contribution in [2.24, 2.45) is 0 Å². The highest BCUT2D eigenvalue weighted by atomic mass is 16.6. The standard InChI is InChI=1S/C75H131N3O29/c1-6-18-82-21-24-85-27-30-88-33-36-91-39-42-94-45-48-97-51-52-98-49-46-95-43-40-92-37-34-89-31-28-86-25-22-83-19-16-72(79)78-71(73(80)106-66-69-10-8-7-9-11-69)65-68-12-14-70(15-13-68)105-64-63-104-62-61-103-60-59-102-58-57-101-56-55-100-54-53-99-50-47-96-44-41-93-38-35-90-32-29-87-26-23-84-20-17-76-67(2)77-74(81)107-75(3,4)5/h7-15,71,76H,2,6,16-66H2,1,3-5H3,(H,77,81)(H,78,79)/t71-/m0/s1. The van der Waals surface area contributed by atoms with Gasteiger partial charge in [0.05, 0.1) is 297 Å². The normalized spacial score (nSPS) is 11.9. The molecule has 2 aromatic carbocycles. The molecule has 0 aliphatic carbocycles. The summed E-state index contributed by atoms with van der Waals surface area (Å²) in [5.74, 6) is 0.0784. The van der Waals surface area contributed by atoms with Crippen LogP contribution in [0.3, 0.4) is 0 Å². The van der Waals surface area contributed by atoms with Crippen LogP contribution in [0.25, 0.3) is 0 Å². The summed E-state index contributed by atoms with van der Waals surface area (Å²) in [7, 11) is 0. The molecule has 0 aromatic heterocycles. The summed E-state index contributed by atoms with van der Waals surface area (Å²) >= 11 is 0. The van der Waals surface area contributed by atoms with Crippen LogP contribution >= 0.6 is 0 Å². The summed E-state index contributed by atoms with van der Waals surface area (Å²) in [4.78, 5) is 38.1. The van der Waals surface area contributed by atoms with Gasteiger partial charge in [-0.1, -0.05) is 56.0 Å². The summed E-state index contributed by atoms with van der Waals surface area (Å²) in [5.41, 5.74) is 1.05. The van der Waals surface area contributed by atoms with E-state index in [2.05, 4.69) is 29.5 Å². The second kappa shape index (κ2) is 76.4. The van der Waals surface area contributed by atoms with Gasteiger partial charge in [0.2, 0.25) is 5.91 Å². The molecule has 2 amide bonds. The molecule has 0 aliphatic heterocycles. The summed E-state index contributed by atoms with van der Waals surface area (Å²) < 4.78 is 144. The van der Waals surface area contributed by atoms with Crippen molar-refractivity contribution in [3.05, 3.63) is 78.1 Å². The number of esters is 1. The van der Waals surface area contributed by atoms with Crippen LogP contribution in [0.4, 0.5) is 4.79 Å². The van der Waals surface area contributed by atoms with Gasteiger partial charge in [0.25, 0.3) is 0 Å². The van der Waals surface area contributed by atoms with Crippen molar-refractivity contribution in [2.45, 2.75) is 65.2 Å². The SMILES string of the molecule is C=C(NCCOCCOCCOCCOCCOCCOCCOCCOCCOCCOCCOCCOc1ccc(C[C@H](NC(=O)CCOCCOCCOCCOCCOCCOCCOCCOCCOCCOCCOCCOCCC)C(=O)OCc2ccccc2)cc1)NC(=O)OC(C)(C)C. The van der Waals surface area contributed by atoms with Gasteiger partial charge in [0, 0.05) is 26.0 Å². The molecular weight excluding hydrogens is 1410 g/mol.